The molecule has 0 heterocycles. The SMILES string of the molecule is CNCCc1c(OC)cc(C)cc1OC. The van der Waals surface area contributed by atoms with E-state index < -0.39 is 0 Å². The molecule has 0 aliphatic carbocycles. The largest absolute Gasteiger partial charge is 0.496 e. The lowest BCUT2D eigenvalue weighted by Gasteiger charge is -2.14. The molecule has 3 heteroatoms. The number of rotatable bonds is 5. The van der Waals surface area contributed by atoms with Gasteiger partial charge in [0, 0.05) is 5.56 Å². The zero-order valence-corrected chi connectivity index (χ0v) is 9.89. The minimum absolute atomic E-state index is 0.905. The maximum absolute atomic E-state index is 5.36. The molecule has 0 saturated carbocycles. The zero-order chi connectivity index (χ0) is 11.3. The third kappa shape index (κ3) is 2.86. The Morgan fingerprint density at radius 2 is 1.67 bits per heavy atom. The fraction of sp³-hybridized carbons (Fsp3) is 0.500. The summed E-state index contributed by atoms with van der Waals surface area (Å²) in [7, 11) is 5.32. The Bertz CT molecular complexity index is 298. The van der Waals surface area contributed by atoms with Gasteiger partial charge in [-0.25, -0.2) is 0 Å². The van der Waals surface area contributed by atoms with Crippen molar-refractivity contribution in [3.05, 3.63) is 23.3 Å². The quantitative estimate of drug-likeness (QED) is 0.801. The van der Waals surface area contributed by atoms with E-state index in [2.05, 4.69) is 5.32 Å². The van der Waals surface area contributed by atoms with Gasteiger partial charge in [0.25, 0.3) is 0 Å². The van der Waals surface area contributed by atoms with Crippen LogP contribution in [0, 0.1) is 6.92 Å². The summed E-state index contributed by atoms with van der Waals surface area (Å²) >= 11 is 0. The summed E-state index contributed by atoms with van der Waals surface area (Å²) in [5.74, 6) is 1.81. The fourth-order valence-corrected chi connectivity index (χ4v) is 1.61. The fourth-order valence-electron chi connectivity index (χ4n) is 1.61. The first-order valence-electron chi connectivity index (χ1n) is 5.09. The van der Waals surface area contributed by atoms with Gasteiger partial charge in [-0.05, 0) is 44.6 Å². The van der Waals surface area contributed by atoms with Crippen molar-refractivity contribution >= 4 is 0 Å². The summed E-state index contributed by atoms with van der Waals surface area (Å²) in [4.78, 5) is 0. The van der Waals surface area contributed by atoms with Crippen LogP contribution in [-0.2, 0) is 6.42 Å². The van der Waals surface area contributed by atoms with E-state index in [0.717, 1.165) is 35.6 Å². The highest BCUT2D eigenvalue weighted by atomic mass is 16.5. The van der Waals surface area contributed by atoms with Gasteiger partial charge in [-0.15, -0.1) is 0 Å². The van der Waals surface area contributed by atoms with Crippen LogP contribution >= 0.6 is 0 Å². The first kappa shape index (κ1) is 11.9. The Morgan fingerprint density at radius 3 is 2.07 bits per heavy atom. The van der Waals surface area contributed by atoms with Gasteiger partial charge >= 0.3 is 0 Å². The van der Waals surface area contributed by atoms with Crippen molar-refractivity contribution in [2.45, 2.75) is 13.3 Å². The van der Waals surface area contributed by atoms with Gasteiger partial charge in [-0.2, -0.15) is 0 Å². The number of hydrogen-bond acceptors (Lipinski definition) is 3. The van der Waals surface area contributed by atoms with Gasteiger partial charge in [-0.3, -0.25) is 0 Å². The minimum atomic E-state index is 0.905. The maximum atomic E-state index is 5.36. The molecule has 0 aliphatic heterocycles. The zero-order valence-electron chi connectivity index (χ0n) is 9.89. The molecule has 84 valence electrons. The molecule has 1 rings (SSSR count). The van der Waals surface area contributed by atoms with Gasteiger partial charge in [0.05, 0.1) is 14.2 Å². The molecule has 0 aliphatic rings. The van der Waals surface area contributed by atoms with Gasteiger partial charge in [0.2, 0.25) is 0 Å². The molecule has 0 fully saturated rings. The average molecular weight is 209 g/mol. The van der Waals surface area contributed by atoms with Gasteiger partial charge in [-0.1, -0.05) is 0 Å². The van der Waals surface area contributed by atoms with Crippen LogP contribution in [0.3, 0.4) is 0 Å². The summed E-state index contributed by atoms with van der Waals surface area (Å²) in [6, 6.07) is 4.07. The number of methoxy groups -OCH3 is 2. The molecule has 1 aromatic carbocycles. The maximum Gasteiger partial charge on any atom is 0.126 e. The van der Waals surface area contributed by atoms with Crippen LogP contribution in [0.4, 0.5) is 0 Å². The molecule has 1 N–H and O–H groups in total. The van der Waals surface area contributed by atoms with E-state index in [1.54, 1.807) is 14.2 Å². The van der Waals surface area contributed by atoms with Crippen molar-refractivity contribution in [1.29, 1.82) is 0 Å². The summed E-state index contributed by atoms with van der Waals surface area (Å²) in [6.45, 7) is 2.95. The molecule has 0 saturated heterocycles. The van der Waals surface area contributed by atoms with E-state index in [0.29, 0.717) is 0 Å². The van der Waals surface area contributed by atoms with E-state index in [-0.39, 0.29) is 0 Å². The summed E-state index contributed by atoms with van der Waals surface area (Å²) in [6.07, 6.45) is 0.906. The molecule has 0 radical (unpaired) electrons. The van der Waals surface area contributed by atoms with Crippen LogP contribution in [0.5, 0.6) is 11.5 Å². The monoisotopic (exact) mass is 209 g/mol. The van der Waals surface area contributed by atoms with Gasteiger partial charge < -0.3 is 14.8 Å². The third-order valence-electron chi connectivity index (χ3n) is 2.38. The van der Waals surface area contributed by atoms with Gasteiger partial charge in [0.15, 0.2) is 0 Å². The van der Waals surface area contributed by atoms with E-state index in [1.807, 2.05) is 26.1 Å². The Morgan fingerprint density at radius 1 is 1.13 bits per heavy atom. The topological polar surface area (TPSA) is 30.5 Å². The van der Waals surface area contributed by atoms with Crippen LogP contribution < -0.4 is 14.8 Å². The average Bonchev–Trinajstić information content (AvgIpc) is 2.26. The Labute approximate surface area is 91.4 Å². The first-order valence-corrected chi connectivity index (χ1v) is 5.09. The van der Waals surface area contributed by atoms with Crippen LogP contribution in [-0.4, -0.2) is 27.8 Å². The molecule has 0 atom stereocenters. The molecular formula is C12H19NO2. The predicted molar refractivity (Wildman–Crippen MR) is 61.9 cm³/mol. The second-order valence-electron chi connectivity index (χ2n) is 3.50. The van der Waals surface area contributed by atoms with Crippen molar-refractivity contribution in [2.75, 3.05) is 27.8 Å². The molecule has 0 spiro atoms. The Balaban J connectivity index is 3.06. The lowest BCUT2D eigenvalue weighted by Crippen LogP contribution is -2.11. The molecule has 1 aromatic rings. The van der Waals surface area contributed by atoms with E-state index >= 15 is 0 Å². The van der Waals surface area contributed by atoms with Crippen molar-refractivity contribution in [1.82, 2.24) is 5.32 Å². The molecule has 15 heavy (non-hydrogen) atoms. The second kappa shape index (κ2) is 5.61. The summed E-state index contributed by atoms with van der Waals surface area (Å²) < 4.78 is 10.7. The summed E-state index contributed by atoms with van der Waals surface area (Å²) in [5.41, 5.74) is 2.27. The van der Waals surface area contributed by atoms with Crippen LogP contribution in [0.25, 0.3) is 0 Å². The van der Waals surface area contributed by atoms with Crippen molar-refractivity contribution in [3.63, 3.8) is 0 Å². The van der Waals surface area contributed by atoms with Crippen molar-refractivity contribution in [2.24, 2.45) is 0 Å². The highest BCUT2D eigenvalue weighted by molar-refractivity contribution is 5.48. The predicted octanol–water partition coefficient (Wildman–Crippen LogP) is 1.77. The summed E-state index contributed by atoms with van der Waals surface area (Å²) in [5, 5.41) is 3.12. The highest BCUT2D eigenvalue weighted by Crippen LogP contribution is 2.30. The van der Waals surface area contributed by atoms with Crippen LogP contribution in [0.15, 0.2) is 12.1 Å². The van der Waals surface area contributed by atoms with Crippen LogP contribution in [0.1, 0.15) is 11.1 Å². The lowest BCUT2D eigenvalue weighted by atomic mass is 10.1. The van der Waals surface area contributed by atoms with E-state index in [4.69, 9.17) is 9.47 Å². The smallest absolute Gasteiger partial charge is 0.126 e. The number of likely N-dealkylation sites (N-methyl/N-ethyl adjacent to an activating group) is 1. The van der Waals surface area contributed by atoms with Crippen molar-refractivity contribution < 1.29 is 9.47 Å². The molecule has 0 aromatic heterocycles. The Kier molecular flexibility index (Phi) is 4.43. The number of benzene rings is 1. The molecule has 0 unspecified atom stereocenters. The highest BCUT2D eigenvalue weighted by Gasteiger charge is 2.10. The normalized spacial score (nSPS) is 10.1. The standard InChI is InChI=1S/C12H19NO2/c1-9-7-11(14-3)10(5-6-13-2)12(8-9)15-4/h7-8,13H,5-6H2,1-4H3. The van der Waals surface area contributed by atoms with Gasteiger partial charge in [0.1, 0.15) is 11.5 Å². The van der Waals surface area contributed by atoms with Crippen LogP contribution in [0.2, 0.25) is 0 Å². The van der Waals surface area contributed by atoms with E-state index in [1.165, 1.54) is 0 Å². The number of hydrogen-bond donors (Lipinski definition) is 1. The number of nitrogens with one attached hydrogen (secondary N) is 1. The first-order chi connectivity index (χ1) is 7.22. The Hall–Kier alpha value is -1.22. The third-order valence-corrected chi connectivity index (χ3v) is 2.38. The number of aryl methyl sites for hydroxylation is 1. The number of ether oxygens (including phenoxy) is 2. The van der Waals surface area contributed by atoms with E-state index in [9.17, 15) is 0 Å². The molecular weight excluding hydrogens is 190 g/mol. The molecule has 0 bridgehead atoms. The molecule has 3 nitrogen and oxygen atoms in total. The minimum Gasteiger partial charge on any atom is -0.496 e. The second-order valence-corrected chi connectivity index (χ2v) is 3.50. The molecule has 0 amide bonds. The van der Waals surface area contributed by atoms with Crippen molar-refractivity contribution in [3.8, 4) is 11.5 Å². The lowest BCUT2D eigenvalue weighted by molar-refractivity contribution is 0.384.